The molecule has 7 nitrogen and oxygen atoms in total. The zero-order chi connectivity index (χ0) is 18.5. The molecule has 1 aromatic rings. The Morgan fingerprint density at radius 3 is 1.83 bits per heavy atom. The van der Waals surface area contributed by atoms with E-state index in [1.807, 2.05) is 0 Å². The van der Waals surface area contributed by atoms with Gasteiger partial charge in [0, 0.05) is 6.07 Å². The largest absolute Gasteiger partial charge is 0.514 e. The zero-order valence-electron chi connectivity index (χ0n) is 14.7. The van der Waals surface area contributed by atoms with E-state index in [4.69, 9.17) is 18.9 Å². The van der Waals surface area contributed by atoms with Crippen LogP contribution < -0.4 is 9.47 Å². The first-order chi connectivity index (χ1) is 10.9. The van der Waals surface area contributed by atoms with Gasteiger partial charge in [-0.1, -0.05) is 0 Å². The fourth-order valence-electron chi connectivity index (χ4n) is 1.49. The average Bonchev–Trinajstić information content (AvgIpc) is 2.34. The van der Waals surface area contributed by atoms with E-state index < -0.39 is 23.5 Å². The van der Waals surface area contributed by atoms with E-state index in [0.717, 1.165) is 0 Å². The highest BCUT2D eigenvalue weighted by Gasteiger charge is 2.21. The van der Waals surface area contributed by atoms with Crippen LogP contribution in [0.3, 0.4) is 0 Å². The van der Waals surface area contributed by atoms with E-state index in [0.29, 0.717) is 6.29 Å². The van der Waals surface area contributed by atoms with Gasteiger partial charge in [-0.25, -0.2) is 9.59 Å². The van der Waals surface area contributed by atoms with E-state index >= 15 is 0 Å². The molecule has 0 spiro atoms. The van der Waals surface area contributed by atoms with Gasteiger partial charge < -0.3 is 18.9 Å². The highest BCUT2D eigenvalue weighted by molar-refractivity contribution is 5.82. The predicted molar refractivity (Wildman–Crippen MR) is 85.6 cm³/mol. The lowest BCUT2D eigenvalue weighted by atomic mass is 10.2. The van der Waals surface area contributed by atoms with Crippen LogP contribution in [-0.2, 0) is 9.47 Å². The van der Waals surface area contributed by atoms with Crippen molar-refractivity contribution in [2.45, 2.75) is 52.7 Å². The number of hydrogen-bond acceptors (Lipinski definition) is 7. The van der Waals surface area contributed by atoms with E-state index in [9.17, 15) is 14.4 Å². The summed E-state index contributed by atoms with van der Waals surface area (Å²) in [6.07, 6.45) is -1.37. The molecule has 0 unspecified atom stereocenters. The molecule has 0 radical (unpaired) electrons. The van der Waals surface area contributed by atoms with Crippen molar-refractivity contribution in [2.24, 2.45) is 0 Å². The van der Waals surface area contributed by atoms with Crippen LogP contribution in [0.4, 0.5) is 9.59 Å². The Hall–Kier alpha value is -2.57. The summed E-state index contributed by atoms with van der Waals surface area (Å²) in [4.78, 5) is 34.4. The Morgan fingerprint density at radius 1 is 0.875 bits per heavy atom. The van der Waals surface area contributed by atoms with Crippen molar-refractivity contribution < 1.29 is 33.3 Å². The summed E-state index contributed by atoms with van der Waals surface area (Å²) in [5, 5.41) is 0. The average molecular weight is 338 g/mol. The Kier molecular flexibility index (Phi) is 5.95. The van der Waals surface area contributed by atoms with E-state index in [1.165, 1.54) is 18.2 Å². The fraction of sp³-hybridized carbons (Fsp3) is 0.471. The van der Waals surface area contributed by atoms with Gasteiger partial charge in [-0.05, 0) is 53.7 Å². The van der Waals surface area contributed by atoms with Gasteiger partial charge in [0.2, 0.25) is 0 Å². The lowest BCUT2D eigenvalue weighted by molar-refractivity contribution is 0.0204. The number of hydrogen-bond donors (Lipinski definition) is 0. The third-order valence-corrected chi connectivity index (χ3v) is 2.29. The van der Waals surface area contributed by atoms with Gasteiger partial charge in [0.15, 0.2) is 6.29 Å². The van der Waals surface area contributed by atoms with Crippen molar-refractivity contribution in [3.63, 3.8) is 0 Å². The summed E-state index contributed by atoms with van der Waals surface area (Å²) in [5.74, 6) is -0.0197. The predicted octanol–water partition coefficient (Wildman–Crippen LogP) is 4.13. The van der Waals surface area contributed by atoms with Crippen molar-refractivity contribution >= 4 is 18.6 Å². The molecule has 0 amide bonds. The summed E-state index contributed by atoms with van der Waals surface area (Å²) in [6, 6.07) is 3.97. The molecule has 0 N–H and O–H groups in total. The normalized spacial score (nSPS) is 11.4. The maximum Gasteiger partial charge on any atom is 0.514 e. The van der Waals surface area contributed by atoms with Crippen LogP contribution in [0, 0.1) is 0 Å². The Labute approximate surface area is 140 Å². The van der Waals surface area contributed by atoms with Gasteiger partial charge in [-0.3, -0.25) is 4.79 Å². The van der Waals surface area contributed by atoms with Gasteiger partial charge in [-0.15, -0.1) is 0 Å². The molecule has 0 aliphatic heterocycles. The van der Waals surface area contributed by atoms with Crippen molar-refractivity contribution in [3.8, 4) is 11.5 Å². The fourth-order valence-corrected chi connectivity index (χ4v) is 1.49. The molecule has 0 bridgehead atoms. The van der Waals surface area contributed by atoms with Crippen LogP contribution in [0.2, 0.25) is 0 Å². The van der Waals surface area contributed by atoms with Gasteiger partial charge >= 0.3 is 12.3 Å². The first-order valence-electron chi connectivity index (χ1n) is 7.30. The Morgan fingerprint density at radius 2 is 1.38 bits per heavy atom. The van der Waals surface area contributed by atoms with Crippen molar-refractivity contribution in [1.29, 1.82) is 0 Å². The van der Waals surface area contributed by atoms with Gasteiger partial charge in [0.1, 0.15) is 22.7 Å². The number of aldehydes is 1. The molecule has 24 heavy (non-hydrogen) atoms. The molecule has 0 aliphatic carbocycles. The Balaban J connectivity index is 2.90. The number of carbonyl (C=O) groups excluding carboxylic acids is 3. The molecule has 7 heteroatoms. The molecule has 0 atom stereocenters. The first-order valence-corrected chi connectivity index (χ1v) is 7.30. The summed E-state index contributed by atoms with van der Waals surface area (Å²) in [7, 11) is 0. The zero-order valence-corrected chi connectivity index (χ0v) is 14.7. The number of benzene rings is 1. The van der Waals surface area contributed by atoms with Gasteiger partial charge in [0.25, 0.3) is 0 Å². The standard InChI is InChI=1S/C17H22O7/c1-16(2,3)23-14(19)21-12-8-7-11(10-18)13(9-12)22-15(20)24-17(4,5)6/h7-10H,1-6H3. The Bertz CT molecular complexity index is 621. The second kappa shape index (κ2) is 7.33. The maximum atomic E-state index is 11.7. The third kappa shape index (κ3) is 7.13. The van der Waals surface area contributed by atoms with Crippen LogP contribution in [0.15, 0.2) is 18.2 Å². The molecule has 1 aromatic carbocycles. The SMILES string of the molecule is CC(C)(C)OC(=O)Oc1ccc(C=O)c(OC(=O)OC(C)(C)C)c1. The second-order valence-corrected chi connectivity index (χ2v) is 6.95. The molecule has 0 saturated heterocycles. The minimum absolute atomic E-state index is 0.0633. The van der Waals surface area contributed by atoms with Gasteiger partial charge in [-0.2, -0.15) is 0 Å². The molecule has 0 aliphatic rings. The molecular formula is C17H22O7. The number of ether oxygens (including phenoxy) is 4. The molecular weight excluding hydrogens is 316 g/mol. The topological polar surface area (TPSA) is 88.1 Å². The van der Waals surface area contributed by atoms with E-state index in [1.54, 1.807) is 41.5 Å². The minimum atomic E-state index is -0.972. The van der Waals surface area contributed by atoms with Crippen LogP contribution >= 0.6 is 0 Å². The molecule has 0 saturated carbocycles. The maximum absolute atomic E-state index is 11.7. The van der Waals surface area contributed by atoms with Crippen molar-refractivity contribution in [1.82, 2.24) is 0 Å². The quantitative estimate of drug-likeness (QED) is 0.465. The van der Waals surface area contributed by atoms with Crippen molar-refractivity contribution in [2.75, 3.05) is 0 Å². The molecule has 132 valence electrons. The summed E-state index contributed by atoms with van der Waals surface area (Å²) in [5.41, 5.74) is -1.35. The highest BCUT2D eigenvalue weighted by Crippen LogP contribution is 2.25. The minimum Gasteiger partial charge on any atom is -0.428 e. The van der Waals surface area contributed by atoms with Crippen LogP contribution in [0.25, 0.3) is 0 Å². The molecule has 0 aromatic heterocycles. The third-order valence-electron chi connectivity index (χ3n) is 2.29. The summed E-state index contributed by atoms with van der Waals surface area (Å²) >= 11 is 0. The van der Waals surface area contributed by atoms with Crippen LogP contribution in [-0.4, -0.2) is 29.8 Å². The summed E-state index contributed by atoms with van der Waals surface area (Å²) in [6.45, 7) is 10.1. The van der Waals surface area contributed by atoms with Crippen LogP contribution in [0.1, 0.15) is 51.9 Å². The highest BCUT2D eigenvalue weighted by atomic mass is 16.7. The second-order valence-electron chi connectivity index (χ2n) is 6.95. The van der Waals surface area contributed by atoms with Gasteiger partial charge in [0.05, 0.1) is 5.56 Å². The van der Waals surface area contributed by atoms with E-state index in [2.05, 4.69) is 0 Å². The number of carbonyl (C=O) groups is 3. The van der Waals surface area contributed by atoms with Crippen LogP contribution in [0.5, 0.6) is 11.5 Å². The van der Waals surface area contributed by atoms with E-state index in [-0.39, 0.29) is 17.1 Å². The summed E-state index contributed by atoms with van der Waals surface area (Å²) < 4.78 is 20.1. The van der Waals surface area contributed by atoms with Crippen molar-refractivity contribution in [3.05, 3.63) is 23.8 Å². The first kappa shape index (κ1) is 19.5. The molecule has 0 heterocycles. The number of rotatable bonds is 3. The molecule has 0 fully saturated rings. The molecule has 1 rings (SSSR count). The monoisotopic (exact) mass is 338 g/mol. The smallest absolute Gasteiger partial charge is 0.428 e. The lowest BCUT2D eigenvalue weighted by Crippen LogP contribution is -2.26. The lowest BCUT2D eigenvalue weighted by Gasteiger charge is -2.20.